The smallest absolute Gasteiger partial charge is 0.311 e. The van der Waals surface area contributed by atoms with Gasteiger partial charge in [0, 0.05) is 0 Å². The van der Waals surface area contributed by atoms with Crippen LogP contribution >= 0.6 is 22.9 Å². The molecule has 0 aliphatic heterocycles. The number of oxazole rings is 1. The van der Waals surface area contributed by atoms with Crippen LogP contribution in [0.4, 0.5) is 0 Å². The second-order valence-electron chi connectivity index (χ2n) is 2.81. The van der Waals surface area contributed by atoms with Crippen molar-refractivity contribution < 1.29 is 14.3 Å². The Bertz CT molecular complexity index is 491. The van der Waals surface area contributed by atoms with Gasteiger partial charge in [0.05, 0.1) is 15.4 Å². The van der Waals surface area contributed by atoms with Crippen LogP contribution in [0.1, 0.15) is 5.76 Å². The van der Waals surface area contributed by atoms with Crippen molar-refractivity contribution in [3.63, 3.8) is 0 Å². The molecule has 0 saturated heterocycles. The van der Waals surface area contributed by atoms with Gasteiger partial charge < -0.3 is 9.52 Å². The first-order chi connectivity index (χ1) is 7.15. The van der Waals surface area contributed by atoms with Crippen molar-refractivity contribution >= 4 is 28.9 Å². The van der Waals surface area contributed by atoms with Crippen molar-refractivity contribution in [1.82, 2.24) is 4.98 Å². The maximum Gasteiger partial charge on any atom is 0.311 e. The number of aromatic nitrogens is 1. The average molecular weight is 244 g/mol. The minimum atomic E-state index is -0.943. The molecule has 0 aromatic carbocycles. The van der Waals surface area contributed by atoms with E-state index in [4.69, 9.17) is 21.1 Å². The first kappa shape index (κ1) is 10.2. The number of nitrogens with zero attached hydrogens (tertiary/aromatic N) is 1. The molecule has 0 amide bonds. The van der Waals surface area contributed by atoms with Gasteiger partial charge in [0.25, 0.3) is 0 Å². The number of thiophene rings is 1. The van der Waals surface area contributed by atoms with Gasteiger partial charge >= 0.3 is 5.97 Å². The molecule has 1 N–H and O–H groups in total. The molecule has 0 aliphatic carbocycles. The van der Waals surface area contributed by atoms with Crippen molar-refractivity contribution in [3.8, 4) is 10.8 Å². The van der Waals surface area contributed by atoms with Crippen molar-refractivity contribution in [3.05, 3.63) is 28.4 Å². The number of halogens is 1. The zero-order chi connectivity index (χ0) is 10.8. The summed E-state index contributed by atoms with van der Waals surface area (Å²) in [7, 11) is 0. The highest BCUT2D eigenvalue weighted by atomic mass is 35.5. The molecule has 0 aliphatic rings. The molecule has 0 fully saturated rings. The SMILES string of the molecule is O=C(O)Cc1cnc(-c2ccc(Cl)s2)o1. The maximum atomic E-state index is 10.4. The Balaban J connectivity index is 2.23. The molecule has 0 atom stereocenters. The Kier molecular flexibility index (Phi) is 2.75. The summed E-state index contributed by atoms with van der Waals surface area (Å²) in [5.74, 6) is -0.202. The summed E-state index contributed by atoms with van der Waals surface area (Å²) in [6.45, 7) is 0. The third kappa shape index (κ3) is 2.37. The van der Waals surface area contributed by atoms with Crippen LogP contribution in [0.5, 0.6) is 0 Å². The molecule has 0 spiro atoms. The van der Waals surface area contributed by atoms with Gasteiger partial charge in [-0.15, -0.1) is 11.3 Å². The molecule has 4 nitrogen and oxygen atoms in total. The number of rotatable bonds is 3. The van der Waals surface area contributed by atoms with E-state index in [1.807, 2.05) is 0 Å². The maximum absolute atomic E-state index is 10.4. The van der Waals surface area contributed by atoms with Gasteiger partial charge in [-0.05, 0) is 12.1 Å². The van der Waals surface area contributed by atoms with Gasteiger partial charge in [-0.1, -0.05) is 11.6 Å². The lowest BCUT2D eigenvalue weighted by Gasteiger charge is -1.88. The molecule has 2 heterocycles. The first-order valence-corrected chi connectivity index (χ1v) is 5.27. The van der Waals surface area contributed by atoms with Crippen LogP contribution in [-0.2, 0) is 11.2 Å². The molecule has 0 bridgehead atoms. The highest BCUT2D eigenvalue weighted by Crippen LogP contribution is 2.30. The Morgan fingerprint density at radius 2 is 2.40 bits per heavy atom. The van der Waals surface area contributed by atoms with E-state index < -0.39 is 5.97 Å². The second-order valence-corrected chi connectivity index (χ2v) is 4.52. The van der Waals surface area contributed by atoms with Gasteiger partial charge in [-0.25, -0.2) is 4.98 Å². The molecular weight excluding hydrogens is 238 g/mol. The molecule has 15 heavy (non-hydrogen) atoms. The third-order valence-electron chi connectivity index (χ3n) is 1.66. The van der Waals surface area contributed by atoms with Crippen LogP contribution in [0, 0.1) is 0 Å². The fraction of sp³-hybridized carbons (Fsp3) is 0.111. The number of carboxylic acid groups (broad SMARTS) is 1. The fourth-order valence-corrected chi connectivity index (χ4v) is 2.06. The summed E-state index contributed by atoms with van der Waals surface area (Å²) >= 11 is 7.09. The molecular formula is C9H6ClNO3S. The van der Waals surface area contributed by atoms with Crippen LogP contribution in [0.15, 0.2) is 22.7 Å². The lowest BCUT2D eigenvalue weighted by Crippen LogP contribution is -1.97. The zero-order valence-electron chi connectivity index (χ0n) is 7.44. The predicted molar refractivity (Wildman–Crippen MR) is 56.2 cm³/mol. The Hall–Kier alpha value is -1.33. The minimum Gasteiger partial charge on any atom is -0.481 e. The van der Waals surface area contributed by atoms with E-state index in [1.165, 1.54) is 17.5 Å². The molecule has 0 radical (unpaired) electrons. The summed E-state index contributed by atoms with van der Waals surface area (Å²) in [6.07, 6.45) is 1.25. The highest BCUT2D eigenvalue weighted by molar-refractivity contribution is 7.19. The largest absolute Gasteiger partial charge is 0.481 e. The molecule has 0 saturated carbocycles. The topological polar surface area (TPSA) is 63.3 Å². The Morgan fingerprint density at radius 3 is 3.00 bits per heavy atom. The number of hydrogen-bond acceptors (Lipinski definition) is 4. The van der Waals surface area contributed by atoms with Gasteiger partial charge in [0.15, 0.2) is 0 Å². The van der Waals surface area contributed by atoms with E-state index in [0.29, 0.717) is 16.0 Å². The summed E-state index contributed by atoms with van der Waals surface area (Å²) in [5.41, 5.74) is 0. The minimum absolute atomic E-state index is 0.161. The summed E-state index contributed by atoms with van der Waals surface area (Å²) in [4.78, 5) is 15.2. The average Bonchev–Trinajstić information content (AvgIpc) is 2.72. The van der Waals surface area contributed by atoms with E-state index in [9.17, 15) is 4.79 Å². The fourth-order valence-electron chi connectivity index (χ4n) is 1.08. The normalized spacial score (nSPS) is 10.5. The van der Waals surface area contributed by atoms with E-state index in [-0.39, 0.29) is 6.42 Å². The van der Waals surface area contributed by atoms with Crippen molar-refractivity contribution in [2.24, 2.45) is 0 Å². The van der Waals surface area contributed by atoms with Crippen molar-refractivity contribution in [1.29, 1.82) is 0 Å². The predicted octanol–water partition coefficient (Wildman–Crippen LogP) is 2.68. The summed E-state index contributed by atoms with van der Waals surface area (Å²) in [6, 6.07) is 3.52. The number of aliphatic carboxylic acids is 1. The lowest BCUT2D eigenvalue weighted by atomic mass is 10.4. The Morgan fingerprint density at radius 1 is 1.60 bits per heavy atom. The number of carbonyl (C=O) groups is 1. The van der Waals surface area contributed by atoms with Crippen LogP contribution in [0.25, 0.3) is 10.8 Å². The monoisotopic (exact) mass is 243 g/mol. The molecule has 2 rings (SSSR count). The number of hydrogen-bond donors (Lipinski definition) is 1. The highest BCUT2D eigenvalue weighted by Gasteiger charge is 2.10. The molecule has 2 aromatic heterocycles. The molecule has 0 unspecified atom stereocenters. The van der Waals surface area contributed by atoms with Crippen LogP contribution in [-0.4, -0.2) is 16.1 Å². The molecule has 78 valence electrons. The van der Waals surface area contributed by atoms with E-state index in [1.54, 1.807) is 12.1 Å². The van der Waals surface area contributed by atoms with E-state index in [2.05, 4.69) is 4.98 Å². The van der Waals surface area contributed by atoms with Gasteiger partial charge in [0.1, 0.15) is 12.2 Å². The van der Waals surface area contributed by atoms with Crippen LogP contribution < -0.4 is 0 Å². The molecule has 6 heteroatoms. The van der Waals surface area contributed by atoms with E-state index in [0.717, 1.165) is 4.88 Å². The third-order valence-corrected chi connectivity index (χ3v) is 2.88. The van der Waals surface area contributed by atoms with Gasteiger partial charge in [0.2, 0.25) is 5.89 Å². The second kappa shape index (κ2) is 4.04. The van der Waals surface area contributed by atoms with E-state index >= 15 is 0 Å². The van der Waals surface area contributed by atoms with Gasteiger partial charge in [-0.2, -0.15) is 0 Å². The van der Waals surface area contributed by atoms with Gasteiger partial charge in [-0.3, -0.25) is 4.79 Å². The van der Waals surface area contributed by atoms with Crippen molar-refractivity contribution in [2.45, 2.75) is 6.42 Å². The van der Waals surface area contributed by atoms with Crippen molar-refractivity contribution in [2.75, 3.05) is 0 Å². The number of carboxylic acids is 1. The first-order valence-electron chi connectivity index (χ1n) is 4.07. The van der Waals surface area contributed by atoms with Crippen LogP contribution in [0.2, 0.25) is 4.34 Å². The quantitative estimate of drug-likeness (QED) is 0.900. The lowest BCUT2D eigenvalue weighted by molar-refractivity contribution is -0.136. The summed E-state index contributed by atoms with van der Waals surface area (Å²) in [5, 5.41) is 8.54. The molecule has 2 aromatic rings. The zero-order valence-corrected chi connectivity index (χ0v) is 9.01. The summed E-state index contributed by atoms with van der Waals surface area (Å²) < 4.78 is 5.90. The van der Waals surface area contributed by atoms with Crippen LogP contribution in [0.3, 0.4) is 0 Å². The Labute approximate surface area is 94.1 Å². The standard InChI is InChI=1S/C9H6ClNO3S/c10-7-2-1-6(15-7)9-11-4-5(14-9)3-8(12)13/h1-2,4H,3H2,(H,12,13).